The summed E-state index contributed by atoms with van der Waals surface area (Å²) in [6, 6.07) is 12.9. The maximum atomic E-state index is 12.3. The summed E-state index contributed by atoms with van der Waals surface area (Å²) in [5.74, 6) is -0.0757. The summed E-state index contributed by atoms with van der Waals surface area (Å²) in [7, 11) is 1.58. The molecule has 25 heavy (non-hydrogen) atoms. The predicted octanol–water partition coefficient (Wildman–Crippen LogP) is 3.42. The van der Waals surface area contributed by atoms with Crippen molar-refractivity contribution in [3.05, 3.63) is 59.2 Å². The summed E-state index contributed by atoms with van der Waals surface area (Å²) in [5.41, 5.74) is 3.48. The molecule has 0 heterocycles. The van der Waals surface area contributed by atoms with Gasteiger partial charge in [0.05, 0.1) is 13.5 Å². The molecule has 0 saturated carbocycles. The zero-order chi connectivity index (χ0) is 18.4. The van der Waals surface area contributed by atoms with E-state index in [1.807, 2.05) is 32.0 Å². The van der Waals surface area contributed by atoms with E-state index < -0.39 is 12.1 Å². The zero-order valence-electron chi connectivity index (χ0n) is 15.0. The Morgan fingerprint density at radius 1 is 1.04 bits per heavy atom. The van der Waals surface area contributed by atoms with E-state index in [9.17, 15) is 9.59 Å². The minimum atomic E-state index is -0.871. The first-order valence-electron chi connectivity index (χ1n) is 8.10. The Kier molecular flexibility index (Phi) is 6.17. The highest BCUT2D eigenvalue weighted by Gasteiger charge is 2.19. The van der Waals surface area contributed by atoms with E-state index in [1.165, 1.54) is 0 Å². The van der Waals surface area contributed by atoms with Crippen molar-refractivity contribution in [1.29, 1.82) is 0 Å². The highest BCUT2D eigenvalue weighted by molar-refractivity contribution is 5.96. The Labute approximate surface area is 148 Å². The lowest BCUT2D eigenvalue weighted by Crippen LogP contribution is -2.31. The van der Waals surface area contributed by atoms with Crippen LogP contribution < -0.4 is 10.1 Å². The lowest BCUT2D eigenvalue weighted by Gasteiger charge is -2.16. The van der Waals surface area contributed by atoms with Crippen LogP contribution in [0.1, 0.15) is 23.6 Å². The molecule has 1 unspecified atom stereocenters. The van der Waals surface area contributed by atoms with Crippen LogP contribution in [0.5, 0.6) is 5.75 Å². The van der Waals surface area contributed by atoms with Crippen LogP contribution in [0.2, 0.25) is 0 Å². The van der Waals surface area contributed by atoms with Crippen molar-refractivity contribution in [2.75, 3.05) is 12.4 Å². The van der Waals surface area contributed by atoms with Gasteiger partial charge in [-0.3, -0.25) is 9.59 Å². The number of methoxy groups -OCH3 is 1. The highest BCUT2D eigenvalue weighted by atomic mass is 16.5. The fourth-order valence-corrected chi connectivity index (χ4v) is 2.44. The number of amides is 1. The van der Waals surface area contributed by atoms with Crippen molar-refractivity contribution >= 4 is 17.6 Å². The second-order valence-electron chi connectivity index (χ2n) is 5.91. The molecule has 132 valence electrons. The number of hydrogen-bond acceptors (Lipinski definition) is 4. The third kappa shape index (κ3) is 5.08. The van der Waals surface area contributed by atoms with Crippen LogP contribution in [-0.2, 0) is 20.7 Å². The number of para-hydroxylation sites is 1. The number of carbonyl (C=O) groups is 2. The largest absolute Gasteiger partial charge is 0.497 e. The van der Waals surface area contributed by atoms with Gasteiger partial charge in [0.15, 0.2) is 6.10 Å². The van der Waals surface area contributed by atoms with Crippen LogP contribution in [0.25, 0.3) is 0 Å². The number of rotatable bonds is 6. The molecule has 2 rings (SSSR count). The molecule has 5 heteroatoms. The molecular formula is C20H23NO4. The molecule has 0 aliphatic heterocycles. The Hall–Kier alpha value is -2.82. The minimum absolute atomic E-state index is 0.102. The van der Waals surface area contributed by atoms with Gasteiger partial charge in [-0.1, -0.05) is 30.3 Å². The van der Waals surface area contributed by atoms with Gasteiger partial charge in [-0.15, -0.1) is 0 Å². The summed E-state index contributed by atoms with van der Waals surface area (Å²) >= 11 is 0. The summed E-state index contributed by atoms with van der Waals surface area (Å²) in [6.45, 7) is 5.40. The second-order valence-corrected chi connectivity index (χ2v) is 5.91. The van der Waals surface area contributed by atoms with Gasteiger partial charge in [-0.25, -0.2) is 0 Å². The third-order valence-electron chi connectivity index (χ3n) is 3.91. The summed E-state index contributed by atoms with van der Waals surface area (Å²) in [5, 5.41) is 2.83. The fourth-order valence-electron chi connectivity index (χ4n) is 2.44. The average molecular weight is 341 g/mol. The first kappa shape index (κ1) is 18.5. The van der Waals surface area contributed by atoms with Crippen LogP contribution in [-0.4, -0.2) is 25.1 Å². The van der Waals surface area contributed by atoms with Crippen molar-refractivity contribution in [2.24, 2.45) is 0 Å². The van der Waals surface area contributed by atoms with E-state index in [0.717, 1.165) is 28.1 Å². The molecule has 2 aromatic carbocycles. The highest BCUT2D eigenvalue weighted by Crippen LogP contribution is 2.20. The minimum Gasteiger partial charge on any atom is -0.497 e. The maximum Gasteiger partial charge on any atom is 0.311 e. The van der Waals surface area contributed by atoms with Crippen LogP contribution in [0.3, 0.4) is 0 Å². The summed E-state index contributed by atoms with van der Waals surface area (Å²) in [6.07, 6.45) is -0.768. The van der Waals surface area contributed by atoms with Gasteiger partial charge in [0.1, 0.15) is 5.75 Å². The van der Waals surface area contributed by atoms with Gasteiger partial charge in [-0.05, 0) is 49.6 Å². The van der Waals surface area contributed by atoms with Gasteiger partial charge in [0, 0.05) is 5.69 Å². The monoisotopic (exact) mass is 341 g/mol. The van der Waals surface area contributed by atoms with Crippen LogP contribution in [0, 0.1) is 13.8 Å². The van der Waals surface area contributed by atoms with Crippen molar-refractivity contribution in [3.8, 4) is 5.75 Å². The molecule has 0 aliphatic carbocycles. The molecule has 0 spiro atoms. The van der Waals surface area contributed by atoms with Gasteiger partial charge < -0.3 is 14.8 Å². The fraction of sp³-hybridized carbons (Fsp3) is 0.300. The molecular weight excluding hydrogens is 318 g/mol. The Morgan fingerprint density at radius 3 is 2.20 bits per heavy atom. The number of nitrogens with one attached hydrogen (secondary N) is 1. The van der Waals surface area contributed by atoms with E-state index in [4.69, 9.17) is 9.47 Å². The standard InChI is InChI=1S/C20H23NO4/c1-13-6-5-7-14(2)19(13)21-20(23)15(3)25-18(22)12-16-8-10-17(24-4)11-9-16/h5-11,15H,12H2,1-4H3,(H,21,23). The average Bonchev–Trinajstić information content (AvgIpc) is 2.58. The number of hydrogen-bond donors (Lipinski definition) is 1. The van der Waals surface area contributed by atoms with Crippen molar-refractivity contribution in [3.63, 3.8) is 0 Å². The first-order chi connectivity index (χ1) is 11.9. The smallest absolute Gasteiger partial charge is 0.311 e. The molecule has 1 amide bonds. The van der Waals surface area contributed by atoms with Gasteiger partial charge >= 0.3 is 5.97 Å². The van der Waals surface area contributed by atoms with Gasteiger partial charge in [0.2, 0.25) is 0 Å². The van der Waals surface area contributed by atoms with E-state index in [0.29, 0.717) is 0 Å². The van der Waals surface area contributed by atoms with E-state index in [1.54, 1.807) is 38.3 Å². The first-order valence-corrected chi connectivity index (χ1v) is 8.10. The number of benzene rings is 2. The Bertz CT molecular complexity index is 733. The molecule has 0 aromatic heterocycles. The van der Waals surface area contributed by atoms with Crippen LogP contribution in [0.4, 0.5) is 5.69 Å². The summed E-state index contributed by atoms with van der Waals surface area (Å²) < 4.78 is 10.3. The summed E-state index contributed by atoms with van der Waals surface area (Å²) in [4.78, 5) is 24.3. The van der Waals surface area contributed by atoms with Crippen molar-refractivity contribution in [2.45, 2.75) is 33.3 Å². The zero-order valence-corrected chi connectivity index (χ0v) is 15.0. The normalized spacial score (nSPS) is 11.5. The van der Waals surface area contributed by atoms with E-state index in [-0.39, 0.29) is 12.3 Å². The molecule has 0 aliphatic rings. The van der Waals surface area contributed by atoms with Crippen LogP contribution in [0.15, 0.2) is 42.5 Å². The third-order valence-corrected chi connectivity index (χ3v) is 3.91. The lowest BCUT2D eigenvalue weighted by molar-refractivity contribution is -0.152. The van der Waals surface area contributed by atoms with Crippen molar-refractivity contribution in [1.82, 2.24) is 0 Å². The predicted molar refractivity (Wildman–Crippen MR) is 96.8 cm³/mol. The SMILES string of the molecule is COc1ccc(CC(=O)OC(C)C(=O)Nc2c(C)cccc2C)cc1. The second kappa shape index (κ2) is 8.33. The van der Waals surface area contributed by atoms with Gasteiger partial charge in [-0.2, -0.15) is 0 Å². The molecule has 1 N–H and O–H groups in total. The number of aryl methyl sites for hydroxylation is 2. The molecule has 1 atom stereocenters. The van der Waals surface area contributed by atoms with Crippen LogP contribution >= 0.6 is 0 Å². The topological polar surface area (TPSA) is 64.6 Å². The molecule has 0 saturated heterocycles. The quantitative estimate of drug-likeness (QED) is 0.818. The number of esters is 1. The lowest BCUT2D eigenvalue weighted by atomic mass is 10.1. The maximum absolute atomic E-state index is 12.3. The number of carbonyl (C=O) groups excluding carboxylic acids is 2. The number of anilines is 1. The Balaban J connectivity index is 1.92. The van der Waals surface area contributed by atoms with E-state index in [2.05, 4.69) is 5.32 Å². The van der Waals surface area contributed by atoms with E-state index >= 15 is 0 Å². The molecule has 0 bridgehead atoms. The van der Waals surface area contributed by atoms with Gasteiger partial charge in [0.25, 0.3) is 5.91 Å². The molecule has 5 nitrogen and oxygen atoms in total. The number of ether oxygens (including phenoxy) is 2. The Morgan fingerprint density at radius 2 is 1.64 bits per heavy atom. The van der Waals surface area contributed by atoms with Crippen molar-refractivity contribution < 1.29 is 19.1 Å². The molecule has 0 fully saturated rings. The molecule has 2 aromatic rings. The molecule has 0 radical (unpaired) electrons.